The second-order valence-electron chi connectivity index (χ2n) is 7.65. The highest BCUT2D eigenvalue weighted by atomic mass is 16.5. The fraction of sp³-hybridized carbons (Fsp3) is 0.435. The topological polar surface area (TPSA) is 42.0 Å². The molecule has 0 saturated heterocycles. The third-order valence-electron chi connectivity index (χ3n) is 5.75. The summed E-state index contributed by atoms with van der Waals surface area (Å²) >= 11 is 0. The van der Waals surface area contributed by atoms with Gasteiger partial charge >= 0.3 is 0 Å². The maximum absolute atomic E-state index is 13.0. The summed E-state index contributed by atoms with van der Waals surface area (Å²) in [4.78, 5) is 17.3. The van der Waals surface area contributed by atoms with Crippen LogP contribution < -0.4 is 9.47 Å². The van der Waals surface area contributed by atoms with Crippen molar-refractivity contribution >= 4 is 5.91 Å². The molecular formula is C23H28N2O3. The molecule has 1 saturated carbocycles. The van der Waals surface area contributed by atoms with Crippen molar-refractivity contribution in [2.45, 2.75) is 38.4 Å². The third-order valence-corrected chi connectivity index (χ3v) is 5.75. The van der Waals surface area contributed by atoms with Crippen molar-refractivity contribution in [2.75, 3.05) is 27.3 Å². The number of ether oxygens (including phenoxy) is 2. The minimum Gasteiger partial charge on any atom is -0.497 e. The first-order valence-electron chi connectivity index (χ1n) is 9.97. The lowest BCUT2D eigenvalue weighted by molar-refractivity contribution is -0.133. The summed E-state index contributed by atoms with van der Waals surface area (Å²) in [6.45, 7) is 2.67. The van der Waals surface area contributed by atoms with E-state index in [9.17, 15) is 4.79 Å². The predicted octanol–water partition coefficient (Wildman–Crippen LogP) is 3.25. The average Bonchev–Trinajstić information content (AvgIpc) is 3.58. The van der Waals surface area contributed by atoms with Crippen LogP contribution in [0.15, 0.2) is 42.5 Å². The lowest BCUT2D eigenvalue weighted by atomic mass is 10.00. The molecule has 28 heavy (non-hydrogen) atoms. The van der Waals surface area contributed by atoms with Gasteiger partial charge in [-0.2, -0.15) is 0 Å². The molecule has 1 aliphatic carbocycles. The van der Waals surface area contributed by atoms with E-state index in [-0.39, 0.29) is 5.91 Å². The van der Waals surface area contributed by atoms with Crippen LogP contribution in [-0.2, 0) is 24.3 Å². The fourth-order valence-corrected chi connectivity index (χ4v) is 3.96. The number of methoxy groups -OCH3 is 2. The van der Waals surface area contributed by atoms with E-state index in [1.54, 1.807) is 14.2 Å². The molecule has 5 nitrogen and oxygen atoms in total. The minimum atomic E-state index is 0.211. The molecule has 5 heteroatoms. The number of benzene rings is 2. The zero-order valence-electron chi connectivity index (χ0n) is 16.7. The molecule has 0 spiro atoms. The molecule has 1 aliphatic heterocycles. The Balaban J connectivity index is 1.46. The fourth-order valence-electron chi connectivity index (χ4n) is 3.96. The third kappa shape index (κ3) is 4.14. The van der Waals surface area contributed by atoms with Crippen molar-refractivity contribution in [3.8, 4) is 11.5 Å². The molecule has 0 unspecified atom stereocenters. The van der Waals surface area contributed by atoms with Crippen molar-refractivity contribution in [1.29, 1.82) is 0 Å². The van der Waals surface area contributed by atoms with Gasteiger partial charge in [-0.15, -0.1) is 0 Å². The maximum atomic E-state index is 13.0. The van der Waals surface area contributed by atoms with E-state index in [4.69, 9.17) is 9.47 Å². The molecule has 2 aliphatic rings. The molecular weight excluding hydrogens is 352 g/mol. The Kier molecular flexibility index (Phi) is 5.53. The zero-order chi connectivity index (χ0) is 19.5. The lowest BCUT2D eigenvalue weighted by Gasteiger charge is -2.31. The highest BCUT2D eigenvalue weighted by Crippen LogP contribution is 2.32. The lowest BCUT2D eigenvalue weighted by Crippen LogP contribution is -2.43. The van der Waals surface area contributed by atoms with Crippen molar-refractivity contribution in [2.24, 2.45) is 0 Å². The minimum absolute atomic E-state index is 0.211. The van der Waals surface area contributed by atoms with E-state index in [0.717, 1.165) is 49.4 Å². The molecule has 0 N–H and O–H groups in total. The number of hydrogen-bond donors (Lipinski definition) is 0. The summed E-state index contributed by atoms with van der Waals surface area (Å²) < 4.78 is 10.9. The SMILES string of the molecule is COc1ccc(OC)c(CN(CC(=O)N2CCc3ccccc3C2)C2CC2)c1. The van der Waals surface area contributed by atoms with Crippen LogP contribution in [0.1, 0.15) is 29.5 Å². The van der Waals surface area contributed by atoms with E-state index in [2.05, 4.69) is 29.2 Å². The molecule has 1 amide bonds. The Morgan fingerprint density at radius 3 is 2.61 bits per heavy atom. The number of hydrogen-bond acceptors (Lipinski definition) is 4. The number of amides is 1. The van der Waals surface area contributed by atoms with Gasteiger partial charge in [-0.05, 0) is 48.6 Å². The van der Waals surface area contributed by atoms with Crippen LogP contribution in [0, 0.1) is 0 Å². The van der Waals surface area contributed by atoms with Gasteiger partial charge in [-0.1, -0.05) is 24.3 Å². The average molecular weight is 380 g/mol. The van der Waals surface area contributed by atoms with Gasteiger partial charge < -0.3 is 14.4 Å². The molecule has 0 aromatic heterocycles. The first kappa shape index (κ1) is 18.8. The van der Waals surface area contributed by atoms with Gasteiger partial charge in [-0.3, -0.25) is 9.69 Å². The van der Waals surface area contributed by atoms with Gasteiger partial charge in [0.25, 0.3) is 0 Å². The Morgan fingerprint density at radius 2 is 1.89 bits per heavy atom. The molecule has 0 radical (unpaired) electrons. The Hall–Kier alpha value is -2.53. The van der Waals surface area contributed by atoms with Gasteiger partial charge in [0, 0.05) is 31.2 Å². The summed E-state index contributed by atoms with van der Waals surface area (Å²) in [5.74, 6) is 1.86. The van der Waals surface area contributed by atoms with Gasteiger partial charge in [0.15, 0.2) is 0 Å². The van der Waals surface area contributed by atoms with E-state index < -0.39 is 0 Å². The first-order valence-corrected chi connectivity index (χ1v) is 9.97. The van der Waals surface area contributed by atoms with Crippen LogP contribution >= 0.6 is 0 Å². The molecule has 0 atom stereocenters. The Morgan fingerprint density at radius 1 is 1.11 bits per heavy atom. The zero-order valence-corrected chi connectivity index (χ0v) is 16.7. The number of fused-ring (bicyclic) bond motifs is 1. The largest absolute Gasteiger partial charge is 0.497 e. The van der Waals surface area contributed by atoms with Crippen molar-refractivity contribution < 1.29 is 14.3 Å². The van der Waals surface area contributed by atoms with E-state index >= 15 is 0 Å². The monoisotopic (exact) mass is 380 g/mol. The van der Waals surface area contributed by atoms with Crippen molar-refractivity contribution in [1.82, 2.24) is 9.80 Å². The number of carbonyl (C=O) groups excluding carboxylic acids is 1. The normalized spacial score (nSPS) is 16.0. The molecule has 148 valence electrons. The highest BCUT2D eigenvalue weighted by Gasteiger charge is 2.32. The van der Waals surface area contributed by atoms with Crippen molar-refractivity contribution in [3.63, 3.8) is 0 Å². The Labute approximate surface area is 166 Å². The quantitative estimate of drug-likeness (QED) is 0.739. The molecule has 2 aromatic rings. The smallest absolute Gasteiger partial charge is 0.237 e. The summed E-state index contributed by atoms with van der Waals surface area (Å²) in [6.07, 6.45) is 3.25. The summed E-state index contributed by atoms with van der Waals surface area (Å²) in [5.41, 5.74) is 3.70. The number of nitrogens with zero attached hydrogens (tertiary/aromatic N) is 2. The van der Waals surface area contributed by atoms with Crippen LogP contribution in [-0.4, -0.2) is 49.1 Å². The standard InChI is InChI=1S/C23H28N2O3/c1-27-21-9-10-22(28-2)19(13-21)15-25(20-7-8-20)16-23(26)24-12-11-17-5-3-4-6-18(17)14-24/h3-6,9-10,13,20H,7-8,11-12,14-16H2,1-2H3. The Bertz CT molecular complexity index is 847. The number of carbonyl (C=O) groups is 1. The maximum Gasteiger partial charge on any atom is 0.237 e. The second-order valence-corrected chi connectivity index (χ2v) is 7.65. The molecule has 2 aromatic carbocycles. The summed E-state index contributed by atoms with van der Waals surface area (Å²) in [6, 6.07) is 14.8. The summed E-state index contributed by atoms with van der Waals surface area (Å²) in [5, 5.41) is 0. The van der Waals surface area contributed by atoms with Crippen LogP contribution in [0.25, 0.3) is 0 Å². The van der Waals surface area contributed by atoms with E-state index in [1.807, 2.05) is 23.1 Å². The molecule has 4 rings (SSSR count). The molecule has 1 heterocycles. The summed E-state index contributed by atoms with van der Waals surface area (Å²) in [7, 11) is 3.35. The van der Waals surface area contributed by atoms with Crippen molar-refractivity contribution in [3.05, 3.63) is 59.2 Å². The van der Waals surface area contributed by atoms with E-state index in [1.165, 1.54) is 11.1 Å². The van der Waals surface area contributed by atoms with E-state index in [0.29, 0.717) is 19.1 Å². The van der Waals surface area contributed by atoms with Gasteiger partial charge in [-0.25, -0.2) is 0 Å². The molecule has 1 fully saturated rings. The second kappa shape index (κ2) is 8.23. The highest BCUT2D eigenvalue weighted by molar-refractivity contribution is 5.78. The predicted molar refractivity (Wildman–Crippen MR) is 109 cm³/mol. The van der Waals surface area contributed by atoms with Crippen LogP contribution in [0.3, 0.4) is 0 Å². The van der Waals surface area contributed by atoms with Crippen LogP contribution in [0.4, 0.5) is 0 Å². The molecule has 0 bridgehead atoms. The number of rotatable bonds is 7. The van der Waals surface area contributed by atoms with Crippen LogP contribution in [0.2, 0.25) is 0 Å². The van der Waals surface area contributed by atoms with Crippen LogP contribution in [0.5, 0.6) is 11.5 Å². The van der Waals surface area contributed by atoms with Gasteiger partial charge in [0.05, 0.1) is 20.8 Å². The van der Waals surface area contributed by atoms with Gasteiger partial charge in [0.2, 0.25) is 5.91 Å². The van der Waals surface area contributed by atoms with Gasteiger partial charge in [0.1, 0.15) is 11.5 Å². The first-order chi connectivity index (χ1) is 13.7.